The number of halogens is 6. The Bertz CT molecular complexity index is 1770. The lowest BCUT2D eigenvalue weighted by molar-refractivity contribution is -0.155. The molecule has 20 nitrogen and oxygen atoms in total. The van der Waals surface area contributed by atoms with E-state index in [4.69, 9.17) is 35.2 Å². The number of nitrogens with two attached hydrogens (primary N) is 4. The SMILES string of the molecule is CC(=O)OCC(CNC(=O)c1c(I)c(N)c(I)c(NC(=O)Nc2c(I)c(N)c(I)c(C(=O)NCC(COC(C)=O)OC(C)=O)c2I)c1I)OC(C)=O.NC(N)=O. The molecule has 0 aliphatic heterocycles. The zero-order chi connectivity index (χ0) is 43.2. The highest BCUT2D eigenvalue weighted by molar-refractivity contribution is 14.1. The number of hydrogen-bond donors (Lipinski definition) is 8. The molecule has 26 heteroatoms. The molecule has 0 heterocycles. The van der Waals surface area contributed by atoms with Crippen molar-refractivity contribution in [3.05, 3.63) is 32.5 Å². The summed E-state index contributed by atoms with van der Waals surface area (Å²) in [4.78, 5) is 95.0. The molecular formula is C30H34I6N8O12. The number of anilines is 4. The Morgan fingerprint density at radius 3 is 1.11 bits per heavy atom. The lowest BCUT2D eigenvalue weighted by atomic mass is 10.1. The maximum atomic E-state index is 13.5. The van der Waals surface area contributed by atoms with Gasteiger partial charge >= 0.3 is 35.9 Å². The van der Waals surface area contributed by atoms with Crippen LogP contribution >= 0.6 is 136 Å². The standard InChI is InChI=1S/C29H30I6N6O11.CH4N2O/c1-9(42)49-7-13(51-11(3)44)5-38-27(46)15-17(30)23(36)21(34)25(19(15)32)40-29(48)41-26-20(33)16(18(31)24(37)22(26)35)28(47)39-6-14(52-12(4)45)8-50-10(2)43;2-1(3)4/h13-14H,5-8,36-37H2,1-4H3,(H,38,46)(H,39,47)(H2,40,41,48);(H4,2,3,4). The summed E-state index contributed by atoms with van der Waals surface area (Å²) >= 11 is 11.5. The fraction of sp³-hybridized carbons (Fsp3) is 0.333. The fourth-order valence-electron chi connectivity index (χ4n) is 3.99. The van der Waals surface area contributed by atoms with E-state index >= 15 is 0 Å². The van der Waals surface area contributed by atoms with Gasteiger partial charge in [0.15, 0.2) is 12.2 Å². The summed E-state index contributed by atoms with van der Waals surface area (Å²) in [7, 11) is 0. The predicted octanol–water partition coefficient (Wildman–Crippen LogP) is 3.60. The van der Waals surface area contributed by atoms with Gasteiger partial charge in [-0.15, -0.1) is 0 Å². The van der Waals surface area contributed by atoms with E-state index in [2.05, 4.69) is 32.7 Å². The molecule has 0 saturated heterocycles. The Kier molecular flexibility index (Phi) is 22.8. The molecule has 0 fully saturated rings. The number of benzene rings is 2. The molecule has 12 N–H and O–H groups in total. The molecule has 0 aliphatic carbocycles. The minimum absolute atomic E-state index is 0.130. The minimum atomic E-state index is -0.959. The van der Waals surface area contributed by atoms with Crippen molar-refractivity contribution in [3.63, 3.8) is 0 Å². The van der Waals surface area contributed by atoms with Crippen molar-refractivity contribution in [2.24, 2.45) is 11.5 Å². The van der Waals surface area contributed by atoms with E-state index in [-0.39, 0.29) is 60.2 Å². The van der Waals surface area contributed by atoms with Crippen LogP contribution in [0.15, 0.2) is 0 Å². The predicted molar refractivity (Wildman–Crippen MR) is 253 cm³/mol. The Balaban J connectivity index is 0.00000373. The second-order valence-electron chi connectivity index (χ2n) is 10.7. The van der Waals surface area contributed by atoms with Gasteiger partial charge in [-0.25, -0.2) is 9.59 Å². The van der Waals surface area contributed by atoms with Crippen LogP contribution in [-0.2, 0) is 38.1 Å². The van der Waals surface area contributed by atoms with E-state index < -0.39 is 60.0 Å². The van der Waals surface area contributed by atoms with Gasteiger partial charge in [-0.1, -0.05) is 0 Å². The molecule has 0 aromatic heterocycles. The molecule has 0 bridgehead atoms. The van der Waals surface area contributed by atoms with Crippen molar-refractivity contribution < 1.29 is 57.3 Å². The van der Waals surface area contributed by atoms with Crippen LogP contribution in [0.1, 0.15) is 48.4 Å². The van der Waals surface area contributed by atoms with Crippen LogP contribution in [0, 0.1) is 21.4 Å². The van der Waals surface area contributed by atoms with E-state index in [0.717, 1.165) is 0 Å². The van der Waals surface area contributed by atoms with Crippen molar-refractivity contribution >= 4 is 206 Å². The third-order valence-corrected chi connectivity index (χ3v) is 12.9. The minimum Gasteiger partial charge on any atom is -0.462 e. The molecule has 56 heavy (non-hydrogen) atoms. The summed E-state index contributed by atoms with van der Waals surface area (Å²) in [5.41, 5.74) is 22.3. The second kappa shape index (κ2) is 24.6. The van der Waals surface area contributed by atoms with E-state index in [0.29, 0.717) is 21.4 Å². The summed E-state index contributed by atoms with van der Waals surface area (Å²) in [6.07, 6.45) is -1.92. The van der Waals surface area contributed by atoms with Crippen LogP contribution in [0.25, 0.3) is 0 Å². The van der Waals surface area contributed by atoms with Gasteiger partial charge in [0.1, 0.15) is 13.2 Å². The van der Waals surface area contributed by atoms with Crippen molar-refractivity contribution in [2.75, 3.05) is 48.4 Å². The van der Waals surface area contributed by atoms with Gasteiger partial charge in [0, 0.05) is 27.7 Å². The molecule has 0 spiro atoms. The number of amides is 6. The molecule has 308 valence electrons. The highest BCUT2D eigenvalue weighted by atomic mass is 127. The van der Waals surface area contributed by atoms with E-state index in [1.165, 1.54) is 27.7 Å². The molecule has 0 radical (unpaired) electrons. The van der Waals surface area contributed by atoms with E-state index in [1.807, 2.05) is 136 Å². The number of carbonyl (C=O) groups is 8. The number of nitrogen functional groups attached to an aromatic ring is 2. The maximum Gasteiger partial charge on any atom is 0.323 e. The molecular weight excluding hydrogens is 1430 g/mol. The summed E-state index contributed by atoms with van der Waals surface area (Å²) in [6.45, 7) is 3.81. The molecule has 2 rings (SSSR count). The number of carbonyl (C=O) groups excluding carboxylic acids is 8. The highest BCUT2D eigenvalue weighted by Gasteiger charge is 2.28. The lowest BCUT2D eigenvalue weighted by Gasteiger charge is -2.21. The average molecular weight is 1460 g/mol. The smallest absolute Gasteiger partial charge is 0.323 e. The second-order valence-corrected chi connectivity index (χ2v) is 17.2. The van der Waals surface area contributed by atoms with Gasteiger partial charge < -0.3 is 63.1 Å². The Morgan fingerprint density at radius 1 is 0.536 bits per heavy atom. The number of nitrogens with one attached hydrogen (secondary N) is 4. The van der Waals surface area contributed by atoms with Gasteiger partial charge in [0.25, 0.3) is 11.8 Å². The zero-order valence-electron chi connectivity index (χ0n) is 29.5. The van der Waals surface area contributed by atoms with Crippen LogP contribution in [-0.4, -0.2) is 86.3 Å². The topological polar surface area (TPSA) is 326 Å². The first kappa shape index (κ1) is 51.8. The van der Waals surface area contributed by atoms with Crippen molar-refractivity contribution in [3.8, 4) is 0 Å². The van der Waals surface area contributed by atoms with Gasteiger partial charge in [0.2, 0.25) is 0 Å². The van der Waals surface area contributed by atoms with Crippen LogP contribution in [0.2, 0.25) is 0 Å². The average Bonchev–Trinajstić information content (AvgIpc) is 3.08. The first-order valence-electron chi connectivity index (χ1n) is 15.1. The number of hydrogen-bond acceptors (Lipinski definition) is 14. The lowest BCUT2D eigenvalue weighted by Crippen LogP contribution is -2.38. The number of esters is 4. The quantitative estimate of drug-likeness (QED) is 0.0580. The Hall–Kier alpha value is -2.22. The fourth-order valence-corrected chi connectivity index (χ4v) is 11.8. The molecule has 2 aromatic carbocycles. The third kappa shape index (κ3) is 16.6. The van der Waals surface area contributed by atoms with E-state index in [1.54, 1.807) is 0 Å². The summed E-state index contributed by atoms with van der Waals surface area (Å²) in [5.74, 6) is -3.66. The monoisotopic (exact) mass is 1460 g/mol. The highest BCUT2D eigenvalue weighted by Crippen LogP contribution is 2.39. The molecule has 0 aliphatic rings. The van der Waals surface area contributed by atoms with Crippen molar-refractivity contribution in [1.29, 1.82) is 0 Å². The van der Waals surface area contributed by atoms with Crippen LogP contribution < -0.4 is 44.2 Å². The molecule has 2 atom stereocenters. The van der Waals surface area contributed by atoms with Crippen LogP contribution in [0.3, 0.4) is 0 Å². The third-order valence-electron chi connectivity index (χ3n) is 6.22. The summed E-state index contributed by atoms with van der Waals surface area (Å²) in [5, 5.41) is 10.8. The Morgan fingerprint density at radius 2 is 0.839 bits per heavy atom. The normalized spacial score (nSPS) is 11.3. The largest absolute Gasteiger partial charge is 0.462 e. The van der Waals surface area contributed by atoms with E-state index in [9.17, 15) is 33.6 Å². The van der Waals surface area contributed by atoms with Gasteiger partial charge in [-0.05, 0) is 136 Å². The maximum absolute atomic E-state index is 13.5. The summed E-state index contributed by atoms with van der Waals surface area (Å²) < 4.78 is 22.5. The molecule has 2 unspecified atom stereocenters. The first-order valence-corrected chi connectivity index (χ1v) is 21.6. The zero-order valence-corrected chi connectivity index (χ0v) is 42.4. The first-order chi connectivity index (χ1) is 25.9. The van der Waals surface area contributed by atoms with Crippen LogP contribution in [0.4, 0.5) is 32.3 Å². The number of primary amides is 2. The van der Waals surface area contributed by atoms with Gasteiger partial charge in [-0.2, -0.15) is 0 Å². The molecule has 0 saturated carbocycles. The van der Waals surface area contributed by atoms with Crippen molar-refractivity contribution in [1.82, 2.24) is 10.6 Å². The molecule has 6 amide bonds. The van der Waals surface area contributed by atoms with Gasteiger partial charge in [-0.3, -0.25) is 28.8 Å². The number of urea groups is 2. The number of rotatable bonds is 14. The van der Waals surface area contributed by atoms with Crippen molar-refractivity contribution in [2.45, 2.75) is 39.9 Å². The Labute approximate surface area is 401 Å². The summed E-state index contributed by atoms with van der Waals surface area (Å²) in [6, 6.07) is -1.58. The molecule has 2 aromatic rings. The van der Waals surface area contributed by atoms with Gasteiger partial charge in [0.05, 0.1) is 68.4 Å². The van der Waals surface area contributed by atoms with Crippen LogP contribution in [0.5, 0.6) is 0 Å². The number of ether oxygens (including phenoxy) is 4.